The van der Waals surface area contributed by atoms with Gasteiger partial charge in [-0.3, -0.25) is 9.69 Å². The number of hydrogen-bond donors (Lipinski definition) is 1. The Kier molecular flexibility index (Phi) is 6.39. The third-order valence-corrected chi connectivity index (χ3v) is 4.22. The molecule has 1 aliphatic rings. The first-order valence-corrected chi connectivity index (χ1v) is 8.08. The number of carbonyl (C=O) groups is 1. The van der Waals surface area contributed by atoms with Crippen LogP contribution in [0.2, 0.25) is 0 Å². The van der Waals surface area contributed by atoms with Crippen LogP contribution in [0.25, 0.3) is 0 Å². The molecule has 3 heterocycles. The fourth-order valence-corrected chi connectivity index (χ4v) is 2.76. The van der Waals surface area contributed by atoms with Crippen LogP contribution in [0.3, 0.4) is 0 Å². The molecule has 0 spiro atoms. The summed E-state index contributed by atoms with van der Waals surface area (Å²) in [6, 6.07) is 3.38. The van der Waals surface area contributed by atoms with Crippen molar-refractivity contribution in [1.82, 2.24) is 25.3 Å². The summed E-state index contributed by atoms with van der Waals surface area (Å²) in [4.78, 5) is 20.3. The van der Waals surface area contributed by atoms with E-state index in [4.69, 9.17) is 8.94 Å². The van der Waals surface area contributed by atoms with Crippen molar-refractivity contribution in [3.8, 4) is 0 Å². The van der Waals surface area contributed by atoms with E-state index in [1.807, 2.05) is 7.05 Å². The number of hydrogen-bond acceptors (Lipinski definition) is 7. The molecule has 1 atom stereocenters. The highest BCUT2D eigenvalue weighted by molar-refractivity contribution is 9.10. The average Bonchev–Trinajstić information content (AvgIpc) is 3.16. The Morgan fingerprint density at radius 3 is 3.00 bits per heavy atom. The SMILES string of the molecule is CN(Cc1nc(C2CNCCN2C)no1)C(=O)c1ccc(Br)o1.Cl. The fourth-order valence-electron chi connectivity index (χ4n) is 2.45. The maximum atomic E-state index is 12.2. The molecule has 0 aromatic carbocycles. The van der Waals surface area contributed by atoms with E-state index in [2.05, 4.69) is 36.3 Å². The Bertz CT molecular complexity index is 692. The lowest BCUT2D eigenvalue weighted by atomic mass is 10.2. The molecule has 0 aliphatic carbocycles. The van der Waals surface area contributed by atoms with E-state index >= 15 is 0 Å². The molecule has 10 heteroatoms. The largest absolute Gasteiger partial charge is 0.444 e. The molecule has 0 bridgehead atoms. The fraction of sp³-hybridized carbons (Fsp3) is 0.500. The molecule has 1 fully saturated rings. The van der Waals surface area contributed by atoms with Gasteiger partial charge in [-0.1, -0.05) is 5.16 Å². The van der Waals surface area contributed by atoms with Crippen LogP contribution in [0.1, 0.15) is 28.3 Å². The van der Waals surface area contributed by atoms with Gasteiger partial charge in [-0.15, -0.1) is 12.4 Å². The smallest absolute Gasteiger partial charge is 0.289 e. The number of aromatic nitrogens is 2. The molecule has 2 aromatic rings. The zero-order valence-corrected chi connectivity index (χ0v) is 15.8. The van der Waals surface area contributed by atoms with E-state index < -0.39 is 0 Å². The Hall–Kier alpha value is -1.42. The summed E-state index contributed by atoms with van der Waals surface area (Å²) < 4.78 is 11.1. The number of likely N-dealkylation sites (N-methyl/N-ethyl adjacent to an activating group) is 1. The lowest BCUT2D eigenvalue weighted by molar-refractivity contribution is 0.0736. The number of nitrogens with zero attached hydrogens (tertiary/aromatic N) is 4. The third kappa shape index (κ3) is 4.15. The minimum absolute atomic E-state index is 0. The summed E-state index contributed by atoms with van der Waals surface area (Å²) in [7, 11) is 3.70. The summed E-state index contributed by atoms with van der Waals surface area (Å²) >= 11 is 3.18. The van der Waals surface area contributed by atoms with Gasteiger partial charge in [0, 0.05) is 26.7 Å². The molecule has 1 aliphatic heterocycles. The summed E-state index contributed by atoms with van der Waals surface area (Å²) in [6.07, 6.45) is 0. The van der Waals surface area contributed by atoms with Crippen molar-refractivity contribution in [3.63, 3.8) is 0 Å². The average molecular weight is 421 g/mol. The quantitative estimate of drug-likeness (QED) is 0.805. The number of furan rings is 1. The zero-order chi connectivity index (χ0) is 16.4. The topological polar surface area (TPSA) is 87.6 Å². The molecule has 24 heavy (non-hydrogen) atoms. The second-order valence-corrected chi connectivity index (χ2v) is 6.29. The molecule has 2 aromatic heterocycles. The van der Waals surface area contributed by atoms with E-state index in [0.29, 0.717) is 16.4 Å². The van der Waals surface area contributed by atoms with Crippen molar-refractivity contribution >= 4 is 34.2 Å². The van der Waals surface area contributed by atoms with Crippen molar-refractivity contribution in [2.24, 2.45) is 0 Å². The molecular weight excluding hydrogens is 402 g/mol. The molecule has 1 amide bonds. The minimum atomic E-state index is -0.244. The molecule has 8 nitrogen and oxygen atoms in total. The van der Waals surface area contributed by atoms with E-state index in [1.54, 1.807) is 19.2 Å². The summed E-state index contributed by atoms with van der Waals surface area (Å²) in [6.45, 7) is 2.90. The second-order valence-electron chi connectivity index (χ2n) is 5.51. The predicted molar refractivity (Wildman–Crippen MR) is 92.0 cm³/mol. The number of rotatable bonds is 4. The van der Waals surface area contributed by atoms with Gasteiger partial charge >= 0.3 is 0 Å². The molecule has 0 radical (unpaired) electrons. The van der Waals surface area contributed by atoms with Crippen molar-refractivity contribution in [3.05, 3.63) is 34.3 Å². The Labute approximate surface area is 154 Å². The number of amides is 1. The van der Waals surface area contributed by atoms with E-state index in [0.717, 1.165) is 19.6 Å². The Morgan fingerprint density at radius 1 is 1.54 bits per heavy atom. The second kappa shape index (κ2) is 8.11. The van der Waals surface area contributed by atoms with Gasteiger partial charge in [-0.05, 0) is 35.1 Å². The Morgan fingerprint density at radius 2 is 2.33 bits per heavy atom. The normalized spacial score (nSPS) is 18.2. The van der Waals surface area contributed by atoms with Gasteiger partial charge in [0.2, 0.25) is 5.89 Å². The summed E-state index contributed by atoms with van der Waals surface area (Å²) in [5, 5.41) is 7.35. The highest BCUT2D eigenvalue weighted by Crippen LogP contribution is 2.19. The molecule has 1 unspecified atom stereocenters. The molecule has 132 valence electrons. The van der Waals surface area contributed by atoms with Crippen LogP contribution in [0.5, 0.6) is 0 Å². The lowest BCUT2D eigenvalue weighted by Gasteiger charge is -2.30. The van der Waals surface area contributed by atoms with Crippen LogP contribution in [0.15, 0.2) is 25.7 Å². The highest BCUT2D eigenvalue weighted by Gasteiger charge is 2.26. The monoisotopic (exact) mass is 419 g/mol. The number of halogens is 2. The maximum absolute atomic E-state index is 12.2. The van der Waals surface area contributed by atoms with Gasteiger partial charge in [0.1, 0.15) is 6.54 Å². The zero-order valence-electron chi connectivity index (χ0n) is 13.4. The third-order valence-electron chi connectivity index (χ3n) is 3.80. The van der Waals surface area contributed by atoms with E-state index in [1.165, 1.54) is 4.90 Å². The first kappa shape index (κ1) is 18.9. The van der Waals surface area contributed by atoms with Crippen molar-refractivity contribution in [1.29, 1.82) is 0 Å². The Balaban J connectivity index is 0.00000208. The van der Waals surface area contributed by atoms with Gasteiger partial charge in [0.25, 0.3) is 5.91 Å². The van der Waals surface area contributed by atoms with Crippen LogP contribution in [-0.4, -0.2) is 59.6 Å². The maximum Gasteiger partial charge on any atom is 0.289 e. The van der Waals surface area contributed by atoms with Gasteiger partial charge in [-0.25, -0.2) is 0 Å². The number of nitrogens with one attached hydrogen (secondary N) is 1. The highest BCUT2D eigenvalue weighted by atomic mass is 79.9. The van der Waals surface area contributed by atoms with E-state index in [-0.39, 0.29) is 36.7 Å². The summed E-state index contributed by atoms with van der Waals surface area (Å²) in [5.74, 6) is 1.05. The first-order valence-electron chi connectivity index (χ1n) is 7.29. The molecule has 1 saturated heterocycles. The lowest BCUT2D eigenvalue weighted by Crippen LogP contribution is -2.44. The van der Waals surface area contributed by atoms with Crippen molar-refractivity contribution in [2.45, 2.75) is 12.6 Å². The number of carbonyl (C=O) groups excluding carboxylic acids is 1. The van der Waals surface area contributed by atoms with Gasteiger partial charge < -0.3 is 19.2 Å². The first-order chi connectivity index (χ1) is 11.0. The van der Waals surface area contributed by atoms with Crippen LogP contribution >= 0.6 is 28.3 Å². The molecular formula is C14H19BrClN5O3. The summed E-state index contributed by atoms with van der Waals surface area (Å²) in [5.41, 5.74) is 0. The van der Waals surface area contributed by atoms with E-state index in [9.17, 15) is 4.79 Å². The van der Waals surface area contributed by atoms with Crippen LogP contribution in [0.4, 0.5) is 0 Å². The van der Waals surface area contributed by atoms with Gasteiger partial charge in [0.05, 0.1) is 6.04 Å². The van der Waals surface area contributed by atoms with Gasteiger partial charge in [0.15, 0.2) is 16.3 Å². The molecule has 0 saturated carbocycles. The standard InChI is InChI=1S/C14H18BrN5O3.ClH/c1-19-6-5-16-7-9(19)13-17-12(23-18-13)8-20(2)14(21)10-3-4-11(15)22-10;/h3-4,9,16H,5-8H2,1-2H3;1H. The molecule has 1 N–H and O–H groups in total. The van der Waals surface area contributed by atoms with Crippen LogP contribution < -0.4 is 5.32 Å². The van der Waals surface area contributed by atoms with Crippen molar-refractivity contribution < 1.29 is 13.7 Å². The van der Waals surface area contributed by atoms with Gasteiger partial charge in [-0.2, -0.15) is 4.98 Å². The predicted octanol–water partition coefficient (Wildman–Crippen LogP) is 1.70. The van der Waals surface area contributed by atoms with Crippen molar-refractivity contribution in [2.75, 3.05) is 33.7 Å². The molecule has 3 rings (SSSR count). The van der Waals surface area contributed by atoms with Crippen LogP contribution in [0, 0.1) is 0 Å². The van der Waals surface area contributed by atoms with Crippen LogP contribution in [-0.2, 0) is 6.54 Å². The number of piperazine rings is 1. The minimum Gasteiger partial charge on any atom is -0.444 e.